The highest BCUT2D eigenvalue weighted by Crippen LogP contribution is 2.19. The highest BCUT2D eigenvalue weighted by atomic mass is 19.1. The van der Waals surface area contributed by atoms with Gasteiger partial charge in [0.2, 0.25) is 11.8 Å². The van der Waals surface area contributed by atoms with E-state index in [0.717, 1.165) is 6.07 Å². The number of imide groups is 1. The zero-order chi connectivity index (χ0) is 15.0. The van der Waals surface area contributed by atoms with Crippen LogP contribution in [0, 0.1) is 5.82 Å². The zero-order valence-corrected chi connectivity index (χ0v) is 10.8. The van der Waals surface area contributed by atoms with E-state index in [0.29, 0.717) is 5.52 Å². The van der Waals surface area contributed by atoms with Gasteiger partial charge < -0.3 is 10.3 Å². The van der Waals surface area contributed by atoms with Crippen molar-refractivity contribution < 1.29 is 18.8 Å². The Bertz CT molecular complexity index is 755. The van der Waals surface area contributed by atoms with E-state index in [1.54, 1.807) is 0 Å². The van der Waals surface area contributed by atoms with E-state index < -0.39 is 23.7 Å². The molecule has 1 aliphatic rings. The molecule has 8 heteroatoms. The molecule has 3 rings (SSSR count). The fraction of sp³-hybridized carbons (Fsp3) is 0.231. The highest BCUT2D eigenvalue weighted by Gasteiger charge is 2.29. The van der Waals surface area contributed by atoms with Gasteiger partial charge in [0.25, 0.3) is 5.91 Å². The third-order valence-corrected chi connectivity index (χ3v) is 3.31. The lowest BCUT2D eigenvalue weighted by Gasteiger charge is -2.21. The van der Waals surface area contributed by atoms with Crippen LogP contribution in [-0.4, -0.2) is 33.7 Å². The molecular formula is C13H11FN4O3. The summed E-state index contributed by atoms with van der Waals surface area (Å²) < 4.78 is 13.9. The van der Waals surface area contributed by atoms with Crippen molar-refractivity contribution in [1.82, 2.24) is 20.6 Å². The maximum atomic E-state index is 13.9. The second-order valence-electron chi connectivity index (χ2n) is 4.70. The van der Waals surface area contributed by atoms with Crippen LogP contribution in [0.4, 0.5) is 4.39 Å². The number of nitrogens with zero attached hydrogens (tertiary/aromatic N) is 1. The van der Waals surface area contributed by atoms with Crippen molar-refractivity contribution in [2.24, 2.45) is 0 Å². The number of carbonyl (C=O) groups excluding carboxylic acids is 3. The molecule has 7 nitrogen and oxygen atoms in total. The molecule has 1 aromatic carbocycles. The van der Waals surface area contributed by atoms with E-state index in [1.807, 2.05) is 0 Å². The van der Waals surface area contributed by atoms with E-state index in [-0.39, 0.29) is 29.8 Å². The van der Waals surface area contributed by atoms with Gasteiger partial charge in [-0.3, -0.25) is 19.7 Å². The Balaban J connectivity index is 1.87. The number of nitrogens with one attached hydrogen (secondary N) is 3. The van der Waals surface area contributed by atoms with Gasteiger partial charge in [-0.2, -0.15) is 0 Å². The molecule has 0 saturated carbocycles. The normalized spacial score (nSPS) is 18.6. The number of hydrogen-bond acceptors (Lipinski definition) is 4. The van der Waals surface area contributed by atoms with Crippen molar-refractivity contribution >= 4 is 28.8 Å². The van der Waals surface area contributed by atoms with Crippen LogP contribution in [-0.2, 0) is 9.59 Å². The summed E-state index contributed by atoms with van der Waals surface area (Å²) in [5, 5.41) is 4.56. The molecule has 0 spiro atoms. The van der Waals surface area contributed by atoms with Gasteiger partial charge in [0.1, 0.15) is 22.9 Å². The minimum Gasteiger partial charge on any atom is -0.345 e. The number of piperidine rings is 1. The molecule has 0 bridgehead atoms. The van der Waals surface area contributed by atoms with Crippen molar-refractivity contribution in [1.29, 1.82) is 0 Å². The number of rotatable bonds is 2. The van der Waals surface area contributed by atoms with Crippen molar-refractivity contribution in [2.75, 3.05) is 0 Å². The zero-order valence-electron chi connectivity index (χ0n) is 10.8. The van der Waals surface area contributed by atoms with Crippen LogP contribution >= 0.6 is 0 Å². The maximum Gasteiger partial charge on any atom is 0.257 e. The predicted octanol–water partition coefficient (Wildman–Crippen LogP) is 0.237. The summed E-state index contributed by atoms with van der Waals surface area (Å²) in [5.41, 5.74) is 0.489. The lowest BCUT2D eigenvalue weighted by Crippen LogP contribution is -2.52. The van der Waals surface area contributed by atoms with Gasteiger partial charge in [0, 0.05) is 6.42 Å². The Labute approximate surface area is 117 Å². The summed E-state index contributed by atoms with van der Waals surface area (Å²) in [7, 11) is 0. The van der Waals surface area contributed by atoms with Crippen LogP contribution in [0.3, 0.4) is 0 Å². The summed E-state index contributed by atoms with van der Waals surface area (Å²) in [6.07, 6.45) is 1.67. The molecule has 2 heterocycles. The highest BCUT2D eigenvalue weighted by molar-refractivity contribution is 6.08. The molecule has 108 valence electrons. The van der Waals surface area contributed by atoms with E-state index in [4.69, 9.17) is 0 Å². The number of hydrogen-bond donors (Lipinski definition) is 3. The Kier molecular flexibility index (Phi) is 3.13. The van der Waals surface area contributed by atoms with Crippen LogP contribution in [0.25, 0.3) is 11.0 Å². The number of carbonyl (C=O) groups is 3. The predicted molar refractivity (Wildman–Crippen MR) is 69.7 cm³/mol. The van der Waals surface area contributed by atoms with Gasteiger partial charge in [0.15, 0.2) is 0 Å². The van der Waals surface area contributed by atoms with Crippen LogP contribution in [0.1, 0.15) is 23.2 Å². The molecule has 1 saturated heterocycles. The average molecular weight is 290 g/mol. The monoisotopic (exact) mass is 290 g/mol. The number of aromatic nitrogens is 2. The van der Waals surface area contributed by atoms with Crippen molar-refractivity contribution in [2.45, 2.75) is 18.9 Å². The smallest absolute Gasteiger partial charge is 0.257 e. The fourth-order valence-corrected chi connectivity index (χ4v) is 2.26. The Morgan fingerprint density at radius 3 is 2.95 bits per heavy atom. The molecule has 0 radical (unpaired) electrons. The number of H-pyrrole nitrogens is 1. The number of amides is 3. The third kappa shape index (κ3) is 2.35. The summed E-state index contributed by atoms with van der Waals surface area (Å²) in [6, 6.07) is 1.77. The largest absolute Gasteiger partial charge is 0.345 e. The van der Waals surface area contributed by atoms with Crippen molar-refractivity contribution in [3.8, 4) is 0 Å². The fourth-order valence-electron chi connectivity index (χ4n) is 2.26. The lowest BCUT2D eigenvalue weighted by atomic mass is 10.0. The number of fused-ring (bicyclic) bond motifs is 1. The number of imidazole rings is 1. The molecule has 21 heavy (non-hydrogen) atoms. The quantitative estimate of drug-likeness (QED) is 0.689. The number of halogens is 1. The molecule has 1 fully saturated rings. The second-order valence-corrected chi connectivity index (χ2v) is 4.70. The minimum absolute atomic E-state index is 0.131. The van der Waals surface area contributed by atoms with E-state index in [9.17, 15) is 18.8 Å². The molecule has 0 aliphatic carbocycles. The molecular weight excluding hydrogens is 279 g/mol. The van der Waals surface area contributed by atoms with E-state index in [1.165, 1.54) is 12.4 Å². The summed E-state index contributed by atoms with van der Waals surface area (Å²) in [4.78, 5) is 41.6. The molecule has 3 amide bonds. The first-order chi connectivity index (χ1) is 10.1. The average Bonchev–Trinajstić information content (AvgIpc) is 2.89. The molecule has 1 unspecified atom stereocenters. The first-order valence-electron chi connectivity index (χ1n) is 6.32. The number of benzene rings is 1. The number of aromatic amines is 1. The second kappa shape index (κ2) is 4.97. The van der Waals surface area contributed by atoms with Gasteiger partial charge in [-0.1, -0.05) is 0 Å². The van der Waals surface area contributed by atoms with E-state index >= 15 is 0 Å². The molecule has 1 aromatic heterocycles. The molecule has 2 aromatic rings. The Hall–Kier alpha value is -2.77. The molecule has 1 aliphatic heterocycles. The van der Waals surface area contributed by atoms with Gasteiger partial charge >= 0.3 is 0 Å². The lowest BCUT2D eigenvalue weighted by molar-refractivity contribution is -0.134. The van der Waals surface area contributed by atoms with Crippen LogP contribution < -0.4 is 10.6 Å². The van der Waals surface area contributed by atoms with Crippen LogP contribution in [0.15, 0.2) is 18.5 Å². The van der Waals surface area contributed by atoms with E-state index in [2.05, 4.69) is 20.6 Å². The first kappa shape index (κ1) is 13.2. The van der Waals surface area contributed by atoms with Crippen molar-refractivity contribution in [3.63, 3.8) is 0 Å². The van der Waals surface area contributed by atoms with Gasteiger partial charge in [-0.25, -0.2) is 9.37 Å². The SMILES string of the molecule is O=C1CCC(NC(=O)c2c(F)ccc3[nH]cnc23)C(=O)N1. The van der Waals surface area contributed by atoms with Crippen LogP contribution in [0.5, 0.6) is 0 Å². The molecule has 1 atom stereocenters. The van der Waals surface area contributed by atoms with Gasteiger partial charge in [-0.15, -0.1) is 0 Å². The topological polar surface area (TPSA) is 104 Å². The van der Waals surface area contributed by atoms with Crippen LogP contribution in [0.2, 0.25) is 0 Å². The van der Waals surface area contributed by atoms with Gasteiger partial charge in [0.05, 0.1) is 11.8 Å². The summed E-state index contributed by atoms with van der Waals surface area (Å²) in [6.45, 7) is 0. The van der Waals surface area contributed by atoms with Crippen molar-refractivity contribution in [3.05, 3.63) is 29.8 Å². The Morgan fingerprint density at radius 2 is 2.19 bits per heavy atom. The third-order valence-electron chi connectivity index (χ3n) is 3.31. The summed E-state index contributed by atoms with van der Waals surface area (Å²) >= 11 is 0. The minimum atomic E-state index is -0.858. The van der Waals surface area contributed by atoms with Gasteiger partial charge in [-0.05, 0) is 18.6 Å². The first-order valence-corrected chi connectivity index (χ1v) is 6.32. The molecule has 3 N–H and O–H groups in total. The summed E-state index contributed by atoms with van der Waals surface area (Å²) in [5.74, 6) is -2.43. The standard InChI is InChI=1S/C13H11FN4O3/c14-6-1-2-7-11(16-5-15-7)10(6)13(21)17-8-3-4-9(19)18-12(8)20/h1-2,5,8H,3-4H2,(H,15,16)(H,17,21)(H,18,19,20). The Morgan fingerprint density at radius 1 is 1.38 bits per heavy atom. The maximum absolute atomic E-state index is 13.9.